The molecule has 88 valence electrons. The lowest BCUT2D eigenvalue weighted by molar-refractivity contribution is -0.119. The summed E-state index contributed by atoms with van der Waals surface area (Å²) in [6.07, 6.45) is 0.771. The predicted octanol–water partition coefficient (Wildman–Crippen LogP) is 2.23. The molecule has 16 heavy (non-hydrogen) atoms. The first kappa shape index (κ1) is 12.7. The first-order valence-corrected chi connectivity index (χ1v) is 5.67. The topological polar surface area (TPSA) is 55.1 Å². The van der Waals surface area contributed by atoms with Gasteiger partial charge in [0.1, 0.15) is 0 Å². The van der Waals surface area contributed by atoms with Gasteiger partial charge in [-0.1, -0.05) is 19.1 Å². The first-order chi connectivity index (χ1) is 7.60. The van der Waals surface area contributed by atoms with Crippen molar-refractivity contribution in [3.05, 3.63) is 29.3 Å². The minimum Gasteiger partial charge on any atom is -0.330 e. The number of hydrogen-bond acceptors (Lipinski definition) is 2. The van der Waals surface area contributed by atoms with E-state index in [2.05, 4.69) is 5.32 Å². The second kappa shape index (κ2) is 5.66. The summed E-state index contributed by atoms with van der Waals surface area (Å²) in [5.74, 6) is -0.0846. The lowest BCUT2D eigenvalue weighted by Gasteiger charge is -2.15. The van der Waals surface area contributed by atoms with Crippen LogP contribution in [0.3, 0.4) is 0 Å². The number of nitrogens with one attached hydrogen (secondary N) is 1. The highest BCUT2D eigenvalue weighted by Crippen LogP contribution is 2.18. The molecule has 3 heteroatoms. The molecule has 0 heterocycles. The van der Waals surface area contributed by atoms with Crippen LogP contribution in [-0.2, 0) is 4.79 Å². The standard InChI is InChI=1S/C13H20N2O/c1-4-11(8-14)13(16)15-12-7-5-6-9(2)10(12)3/h5-7,11H,4,8,14H2,1-3H3,(H,15,16). The summed E-state index contributed by atoms with van der Waals surface area (Å²) in [5, 5.41) is 2.93. The van der Waals surface area contributed by atoms with E-state index in [1.165, 1.54) is 5.56 Å². The van der Waals surface area contributed by atoms with Crippen LogP contribution in [0.4, 0.5) is 5.69 Å². The molecule has 0 bridgehead atoms. The first-order valence-electron chi connectivity index (χ1n) is 5.67. The van der Waals surface area contributed by atoms with Gasteiger partial charge in [-0.25, -0.2) is 0 Å². The van der Waals surface area contributed by atoms with E-state index in [1.54, 1.807) is 0 Å². The van der Waals surface area contributed by atoms with E-state index in [1.807, 2.05) is 39.0 Å². The van der Waals surface area contributed by atoms with Crippen molar-refractivity contribution in [1.29, 1.82) is 0 Å². The highest BCUT2D eigenvalue weighted by Gasteiger charge is 2.15. The largest absolute Gasteiger partial charge is 0.330 e. The van der Waals surface area contributed by atoms with Crippen LogP contribution in [0.2, 0.25) is 0 Å². The van der Waals surface area contributed by atoms with Crippen LogP contribution in [0, 0.1) is 19.8 Å². The normalized spacial score (nSPS) is 12.2. The van der Waals surface area contributed by atoms with E-state index in [9.17, 15) is 4.79 Å². The van der Waals surface area contributed by atoms with Crippen LogP contribution in [-0.4, -0.2) is 12.5 Å². The van der Waals surface area contributed by atoms with Crippen molar-refractivity contribution in [1.82, 2.24) is 0 Å². The lowest BCUT2D eigenvalue weighted by atomic mass is 10.0. The van der Waals surface area contributed by atoms with Crippen molar-refractivity contribution >= 4 is 11.6 Å². The Morgan fingerprint density at radius 1 is 1.44 bits per heavy atom. The molecule has 1 rings (SSSR count). The third kappa shape index (κ3) is 2.83. The molecule has 0 fully saturated rings. The molecule has 0 aliphatic carbocycles. The van der Waals surface area contributed by atoms with Crippen molar-refractivity contribution in [2.75, 3.05) is 11.9 Å². The van der Waals surface area contributed by atoms with Gasteiger partial charge in [-0.05, 0) is 37.5 Å². The molecule has 0 aliphatic heterocycles. The smallest absolute Gasteiger partial charge is 0.228 e. The molecular weight excluding hydrogens is 200 g/mol. The molecular formula is C13H20N2O. The van der Waals surface area contributed by atoms with E-state index in [-0.39, 0.29) is 11.8 Å². The average Bonchev–Trinajstić information content (AvgIpc) is 2.26. The van der Waals surface area contributed by atoms with Gasteiger partial charge >= 0.3 is 0 Å². The molecule has 0 aliphatic rings. The van der Waals surface area contributed by atoms with Gasteiger partial charge in [0.05, 0.1) is 5.92 Å². The summed E-state index contributed by atoms with van der Waals surface area (Å²) in [6.45, 7) is 6.41. The van der Waals surface area contributed by atoms with Gasteiger partial charge in [-0.2, -0.15) is 0 Å². The average molecular weight is 220 g/mol. The fourth-order valence-corrected chi connectivity index (χ4v) is 1.58. The Labute approximate surface area is 97.0 Å². The Morgan fingerprint density at radius 2 is 2.12 bits per heavy atom. The third-order valence-electron chi connectivity index (χ3n) is 3.01. The van der Waals surface area contributed by atoms with Crippen LogP contribution in [0.15, 0.2) is 18.2 Å². The number of rotatable bonds is 4. The Hall–Kier alpha value is -1.35. The fourth-order valence-electron chi connectivity index (χ4n) is 1.58. The van der Waals surface area contributed by atoms with Gasteiger partial charge in [-0.3, -0.25) is 4.79 Å². The molecule has 1 amide bonds. The van der Waals surface area contributed by atoms with Gasteiger partial charge in [0.2, 0.25) is 5.91 Å². The van der Waals surface area contributed by atoms with Gasteiger partial charge in [0, 0.05) is 12.2 Å². The molecule has 0 spiro atoms. The van der Waals surface area contributed by atoms with Gasteiger partial charge < -0.3 is 11.1 Å². The van der Waals surface area contributed by atoms with Gasteiger partial charge in [0.15, 0.2) is 0 Å². The van der Waals surface area contributed by atoms with Crippen molar-refractivity contribution in [3.8, 4) is 0 Å². The van der Waals surface area contributed by atoms with Gasteiger partial charge in [0.25, 0.3) is 0 Å². The zero-order chi connectivity index (χ0) is 12.1. The van der Waals surface area contributed by atoms with E-state index < -0.39 is 0 Å². The minimum absolute atomic E-state index is 0.0127. The Morgan fingerprint density at radius 3 is 2.69 bits per heavy atom. The number of nitrogens with two attached hydrogens (primary N) is 1. The van der Waals surface area contributed by atoms with Crippen molar-refractivity contribution in [2.45, 2.75) is 27.2 Å². The minimum atomic E-state index is -0.0973. The molecule has 1 unspecified atom stereocenters. The quantitative estimate of drug-likeness (QED) is 0.817. The summed E-state index contributed by atoms with van der Waals surface area (Å²) in [6, 6.07) is 5.90. The molecule has 0 radical (unpaired) electrons. The molecule has 0 aromatic heterocycles. The molecule has 0 saturated carbocycles. The molecule has 1 aromatic carbocycles. The van der Waals surface area contributed by atoms with E-state index in [0.29, 0.717) is 6.54 Å². The van der Waals surface area contributed by atoms with E-state index >= 15 is 0 Å². The van der Waals surface area contributed by atoms with Crippen LogP contribution < -0.4 is 11.1 Å². The van der Waals surface area contributed by atoms with E-state index in [4.69, 9.17) is 5.73 Å². The predicted molar refractivity (Wildman–Crippen MR) is 67.4 cm³/mol. The molecule has 1 aromatic rings. The Kier molecular flexibility index (Phi) is 4.50. The maximum Gasteiger partial charge on any atom is 0.228 e. The maximum absolute atomic E-state index is 11.8. The second-order valence-corrected chi connectivity index (χ2v) is 4.08. The van der Waals surface area contributed by atoms with Gasteiger partial charge in [-0.15, -0.1) is 0 Å². The third-order valence-corrected chi connectivity index (χ3v) is 3.01. The lowest BCUT2D eigenvalue weighted by Crippen LogP contribution is -2.28. The second-order valence-electron chi connectivity index (χ2n) is 4.08. The number of carbonyl (C=O) groups is 1. The van der Waals surface area contributed by atoms with Crippen LogP contribution in [0.25, 0.3) is 0 Å². The molecule has 1 atom stereocenters. The highest BCUT2D eigenvalue weighted by atomic mass is 16.1. The Bertz CT molecular complexity index is 370. The summed E-state index contributed by atoms with van der Waals surface area (Å²) >= 11 is 0. The number of aryl methyl sites for hydroxylation is 1. The van der Waals surface area contributed by atoms with E-state index in [0.717, 1.165) is 17.7 Å². The highest BCUT2D eigenvalue weighted by molar-refractivity contribution is 5.93. The number of carbonyl (C=O) groups excluding carboxylic acids is 1. The number of anilines is 1. The number of amides is 1. The number of hydrogen-bond donors (Lipinski definition) is 2. The monoisotopic (exact) mass is 220 g/mol. The van der Waals surface area contributed by atoms with Crippen molar-refractivity contribution < 1.29 is 4.79 Å². The summed E-state index contributed by atoms with van der Waals surface area (Å²) in [5.41, 5.74) is 8.72. The fraction of sp³-hybridized carbons (Fsp3) is 0.462. The summed E-state index contributed by atoms with van der Waals surface area (Å²) < 4.78 is 0. The summed E-state index contributed by atoms with van der Waals surface area (Å²) in [4.78, 5) is 11.8. The molecule has 3 N–H and O–H groups in total. The molecule has 3 nitrogen and oxygen atoms in total. The maximum atomic E-state index is 11.8. The Balaban J connectivity index is 2.80. The van der Waals surface area contributed by atoms with Crippen molar-refractivity contribution in [2.24, 2.45) is 11.7 Å². The van der Waals surface area contributed by atoms with Crippen LogP contribution >= 0.6 is 0 Å². The zero-order valence-corrected chi connectivity index (χ0v) is 10.2. The summed E-state index contributed by atoms with van der Waals surface area (Å²) in [7, 11) is 0. The van der Waals surface area contributed by atoms with Crippen LogP contribution in [0.1, 0.15) is 24.5 Å². The SMILES string of the molecule is CCC(CN)C(=O)Nc1cccc(C)c1C. The zero-order valence-electron chi connectivity index (χ0n) is 10.2. The molecule has 0 saturated heterocycles. The van der Waals surface area contributed by atoms with Crippen LogP contribution in [0.5, 0.6) is 0 Å². The number of benzene rings is 1. The van der Waals surface area contributed by atoms with Crippen molar-refractivity contribution in [3.63, 3.8) is 0 Å².